The van der Waals surface area contributed by atoms with Gasteiger partial charge in [0.25, 0.3) is 0 Å². The van der Waals surface area contributed by atoms with Crippen LogP contribution >= 0.6 is 11.6 Å². The monoisotopic (exact) mass is 299 g/mol. The smallest absolute Gasteiger partial charge is 0.352 e. The molecule has 0 radical (unpaired) electrons. The van der Waals surface area contributed by atoms with Crippen LogP contribution in [-0.4, -0.2) is 16.1 Å². The maximum Gasteiger partial charge on any atom is 0.352 e. The van der Waals surface area contributed by atoms with Gasteiger partial charge >= 0.3 is 5.97 Å². The zero-order valence-electron chi connectivity index (χ0n) is 11.5. The SMILES string of the molecule is CCc1ccccc1-c1ccc(Cl)c2[nH]c(C(=O)O)cc12. The van der Waals surface area contributed by atoms with Gasteiger partial charge in [-0.05, 0) is 35.2 Å². The van der Waals surface area contributed by atoms with Crippen molar-refractivity contribution in [1.29, 1.82) is 0 Å². The van der Waals surface area contributed by atoms with Gasteiger partial charge in [0.2, 0.25) is 0 Å². The molecule has 0 aliphatic carbocycles. The summed E-state index contributed by atoms with van der Waals surface area (Å²) in [5.74, 6) is -0.989. The van der Waals surface area contributed by atoms with E-state index in [9.17, 15) is 4.79 Å². The van der Waals surface area contributed by atoms with E-state index in [1.54, 1.807) is 12.1 Å². The molecule has 0 aliphatic heterocycles. The lowest BCUT2D eigenvalue weighted by molar-refractivity contribution is 0.0691. The van der Waals surface area contributed by atoms with Crippen molar-refractivity contribution in [2.24, 2.45) is 0 Å². The lowest BCUT2D eigenvalue weighted by Gasteiger charge is -2.09. The maximum atomic E-state index is 11.2. The number of aromatic carboxylic acids is 1. The van der Waals surface area contributed by atoms with E-state index in [1.807, 2.05) is 18.2 Å². The number of aromatic amines is 1. The Morgan fingerprint density at radius 2 is 1.95 bits per heavy atom. The number of carboxylic acids is 1. The van der Waals surface area contributed by atoms with E-state index < -0.39 is 5.97 Å². The van der Waals surface area contributed by atoms with Crippen molar-refractivity contribution in [1.82, 2.24) is 4.98 Å². The Kier molecular flexibility index (Phi) is 3.43. The quantitative estimate of drug-likeness (QED) is 0.733. The molecule has 0 atom stereocenters. The first-order valence-electron chi connectivity index (χ1n) is 6.74. The van der Waals surface area contributed by atoms with Crippen LogP contribution in [0.2, 0.25) is 5.02 Å². The molecule has 0 spiro atoms. The molecule has 0 saturated heterocycles. The minimum Gasteiger partial charge on any atom is -0.477 e. The molecule has 3 nitrogen and oxygen atoms in total. The topological polar surface area (TPSA) is 53.1 Å². The maximum absolute atomic E-state index is 11.2. The number of aryl methyl sites for hydroxylation is 1. The Morgan fingerprint density at radius 3 is 2.67 bits per heavy atom. The first-order valence-corrected chi connectivity index (χ1v) is 7.12. The van der Waals surface area contributed by atoms with Crippen molar-refractivity contribution in [3.8, 4) is 11.1 Å². The van der Waals surface area contributed by atoms with E-state index >= 15 is 0 Å². The molecule has 1 aromatic heterocycles. The fraction of sp³-hybridized carbons (Fsp3) is 0.118. The molecule has 1 heterocycles. The summed E-state index contributed by atoms with van der Waals surface area (Å²) < 4.78 is 0. The van der Waals surface area contributed by atoms with Crippen LogP contribution in [0, 0.1) is 0 Å². The van der Waals surface area contributed by atoms with Crippen molar-refractivity contribution in [2.45, 2.75) is 13.3 Å². The number of nitrogens with one attached hydrogen (secondary N) is 1. The molecule has 3 aromatic rings. The molecule has 0 unspecified atom stereocenters. The summed E-state index contributed by atoms with van der Waals surface area (Å²) in [5, 5.41) is 10.5. The number of carboxylic acid groups (broad SMARTS) is 1. The van der Waals surface area contributed by atoms with Gasteiger partial charge in [-0.15, -0.1) is 0 Å². The summed E-state index contributed by atoms with van der Waals surface area (Å²) in [7, 11) is 0. The summed E-state index contributed by atoms with van der Waals surface area (Å²) in [4.78, 5) is 14.1. The molecule has 2 N–H and O–H groups in total. The first-order chi connectivity index (χ1) is 10.1. The van der Waals surface area contributed by atoms with E-state index in [-0.39, 0.29) is 5.69 Å². The average Bonchev–Trinajstić information content (AvgIpc) is 2.94. The molecule has 21 heavy (non-hydrogen) atoms. The predicted octanol–water partition coefficient (Wildman–Crippen LogP) is 4.75. The number of hydrogen-bond acceptors (Lipinski definition) is 1. The van der Waals surface area contributed by atoms with E-state index in [0.29, 0.717) is 10.5 Å². The molecule has 0 aliphatic rings. The minimum absolute atomic E-state index is 0.147. The second-order valence-corrected chi connectivity index (χ2v) is 5.29. The van der Waals surface area contributed by atoms with Crippen LogP contribution in [0.3, 0.4) is 0 Å². The summed E-state index contributed by atoms with van der Waals surface area (Å²) in [6.07, 6.45) is 0.913. The van der Waals surface area contributed by atoms with Gasteiger partial charge in [-0.2, -0.15) is 0 Å². The Balaban J connectivity index is 2.33. The Bertz CT molecular complexity index is 836. The highest BCUT2D eigenvalue weighted by Gasteiger charge is 2.15. The van der Waals surface area contributed by atoms with Gasteiger partial charge in [0.05, 0.1) is 10.5 Å². The lowest BCUT2D eigenvalue weighted by Crippen LogP contribution is -1.94. The van der Waals surface area contributed by atoms with Crippen LogP contribution in [0.5, 0.6) is 0 Å². The number of fused-ring (bicyclic) bond motifs is 1. The highest BCUT2D eigenvalue weighted by Crippen LogP contribution is 2.35. The summed E-state index contributed by atoms with van der Waals surface area (Å²) in [6, 6.07) is 13.5. The van der Waals surface area contributed by atoms with Gasteiger partial charge in [0.1, 0.15) is 5.69 Å². The van der Waals surface area contributed by atoms with Crippen LogP contribution in [-0.2, 0) is 6.42 Å². The van der Waals surface area contributed by atoms with Gasteiger partial charge in [-0.25, -0.2) is 4.79 Å². The molecular weight excluding hydrogens is 286 g/mol. The summed E-state index contributed by atoms with van der Waals surface area (Å²) in [6.45, 7) is 2.10. The fourth-order valence-electron chi connectivity index (χ4n) is 2.63. The average molecular weight is 300 g/mol. The third-order valence-corrected chi connectivity index (χ3v) is 3.98. The fourth-order valence-corrected chi connectivity index (χ4v) is 2.84. The molecule has 4 heteroatoms. The highest BCUT2D eigenvalue weighted by atomic mass is 35.5. The second-order valence-electron chi connectivity index (χ2n) is 4.88. The zero-order valence-corrected chi connectivity index (χ0v) is 12.2. The lowest BCUT2D eigenvalue weighted by atomic mass is 9.95. The van der Waals surface area contributed by atoms with Gasteiger partial charge in [-0.3, -0.25) is 0 Å². The van der Waals surface area contributed by atoms with Crippen molar-refractivity contribution < 1.29 is 9.90 Å². The number of aromatic nitrogens is 1. The highest BCUT2D eigenvalue weighted by molar-refractivity contribution is 6.35. The van der Waals surface area contributed by atoms with Crippen LogP contribution in [0.25, 0.3) is 22.0 Å². The van der Waals surface area contributed by atoms with Crippen molar-refractivity contribution in [3.05, 3.63) is 58.7 Å². The van der Waals surface area contributed by atoms with Gasteiger partial charge in [0, 0.05) is 5.39 Å². The number of hydrogen-bond donors (Lipinski definition) is 2. The normalized spacial score (nSPS) is 11.0. The van der Waals surface area contributed by atoms with E-state index in [0.717, 1.165) is 22.9 Å². The summed E-state index contributed by atoms with van der Waals surface area (Å²) in [5.41, 5.74) is 4.14. The van der Waals surface area contributed by atoms with Crippen molar-refractivity contribution in [2.75, 3.05) is 0 Å². The van der Waals surface area contributed by atoms with Gasteiger partial charge in [0.15, 0.2) is 0 Å². The third kappa shape index (κ3) is 2.30. The van der Waals surface area contributed by atoms with E-state index in [4.69, 9.17) is 16.7 Å². The molecule has 0 bridgehead atoms. The predicted molar refractivity (Wildman–Crippen MR) is 85.1 cm³/mol. The van der Waals surface area contributed by atoms with Crippen LogP contribution in [0.4, 0.5) is 0 Å². The van der Waals surface area contributed by atoms with Crippen LogP contribution in [0.15, 0.2) is 42.5 Å². The molecule has 0 amide bonds. The second kappa shape index (κ2) is 5.26. The Labute approximate surface area is 127 Å². The van der Waals surface area contributed by atoms with E-state index in [1.165, 1.54) is 5.56 Å². The number of H-pyrrole nitrogens is 1. The molecular formula is C17H14ClNO2. The first kappa shape index (κ1) is 13.7. The standard InChI is InChI=1S/C17H14ClNO2/c1-2-10-5-3-4-6-11(10)12-7-8-14(18)16-13(12)9-15(19-16)17(20)21/h3-9,19H,2H2,1H3,(H,20,21). The largest absolute Gasteiger partial charge is 0.477 e. The minimum atomic E-state index is -0.989. The molecule has 0 saturated carbocycles. The summed E-state index contributed by atoms with van der Waals surface area (Å²) >= 11 is 6.18. The Hall–Kier alpha value is -2.26. The number of rotatable bonds is 3. The molecule has 2 aromatic carbocycles. The van der Waals surface area contributed by atoms with Crippen LogP contribution < -0.4 is 0 Å². The van der Waals surface area contributed by atoms with Gasteiger partial charge < -0.3 is 10.1 Å². The van der Waals surface area contributed by atoms with Crippen molar-refractivity contribution in [3.63, 3.8) is 0 Å². The molecule has 3 rings (SSSR count). The Morgan fingerprint density at radius 1 is 1.19 bits per heavy atom. The van der Waals surface area contributed by atoms with E-state index in [2.05, 4.69) is 24.0 Å². The number of halogens is 1. The van der Waals surface area contributed by atoms with Crippen molar-refractivity contribution >= 4 is 28.5 Å². The molecule has 0 fully saturated rings. The zero-order chi connectivity index (χ0) is 15.0. The third-order valence-electron chi connectivity index (χ3n) is 3.66. The van der Waals surface area contributed by atoms with Gasteiger partial charge in [-0.1, -0.05) is 48.9 Å². The van der Waals surface area contributed by atoms with Crippen LogP contribution in [0.1, 0.15) is 23.0 Å². The number of benzene rings is 2. The molecule has 106 valence electrons. The number of carbonyl (C=O) groups is 1.